The zero-order chi connectivity index (χ0) is 21.1. The van der Waals surface area contributed by atoms with Gasteiger partial charge in [-0.05, 0) is 62.2 Å². The topological polar surface area (TPSA) is 64.6 Å². The Balaban J connectivity index is 1.73. The second-order valence-corrected chi connectivity index (χ2v) is 7.63. The lowest BCUT2D eigenvalue weighted by atomic mass is 10.1. The van der Waals surface area contributed by atoms with Crippen molar-refractivity contribution in [1.82, 2.24) is 15.5 Å². The zero-order valence-corrected chi connectivity index (χ0v) is 18.0. The van der Waals surface area contributed by atoms with Crippen LogP contribution in [-0.2, 0) is 19.5 Å². The molecule has 0 spiro atoms. The second kappa shape index (κ2) is 12.4. The highest BCUT2D eigenvalue weighted by atomic mass is 16.3. The number of benzene rings is 2. The van der Waals surface area contributed by atoms with Gasteiger partial charge >= 0.3 is 0 Å². The molecule has 0 fully saturated rings. The molecule has 2 rings (SSSR count). The Morgan fingerprint density at radius 3 is 2.62 bits per heavy atom. The van der Waals surface area contributed by atoms with Gasteiger partial charge in [0.05, 0.1) is 6.61 Å². The van der Waals surface area contributed by atoms with Crippen LogP contribution in [0, 0.1) is 6.92 Å². The molecule has 0 bridgehead atoms. The van der Waals surface area contributed by atoms with E-state index in [9.17, 15) is 4.79 Å². The minimum atomic E-state index is -0.0320. The lowest BCUT2D eigenvalue weighted by molar-refractivity contribution is 0.0953. The van der Waals surface area contributed by atoms with E-state index in [1.165, 1.54) is 11.1 Å². The average molecular weight is 398 g/mol. The maximum absolute atomic E-state index is 12.5. The van der Waals surface area contributed by atoms with E-state index in [4.69, 9.17) is 5.11 Å². The highest BCUT2D eigenvalue weighted by Gasteiger charge is 2.08. The highest BCUT2D eigenvalue weighted by Crippen LogP contribution is 2.12. The van der Waals surface area contributed by atoms with Crippen LogP contribution >= 0.6 is 0 Å². The lowest BCUT2D eigenvalue weighted by Crippen LogP contribution is -2.27. The van der Waals surface area contributed by atoms with Crippen molar-refractivity contribution in [3.05, 3.63) is 70.3 Å². The van der Waals surface area contributed by atoms with Crippen molar-refractivity contribution in [3.63, 3.8) is 0 Å². The summed E-state index contributed by atoms with van der Waals surface area (Å²) in [5, 5.41) is 15.5. The van der Waals surface area contributed by atoms with Crippen molar-refractivity contribution in [2.24, 2.45) is 0 Å². The first-order valence-corrected chi connectivity index (χ1v) is 10.5. The van der Waals surface area contributed by atoms with Gasteiger partial charge in [0, 0.05) is 31.7 Å². The molecule has 0 aliphatic heterocycles. The summed E-state index contributed by atoms with van der Waals surface area (Å²) in [6, 6.07) is 14.6. The Labute approximate surface area is 175 Å². The summed E-state index contributed by atoms with van der Waals surface area (Å²) >= 11 is 0. The minimum Gasteiger partial charge on any atom is -0.395 e. The van der Waals surface area contributed by atoms with E-state index >= 15 is 0 Å². The predicted molar refractivity (Wildman–Crippen MR) is 119 cm³/mol. The van der Waals surface area contributed by atoms with Gasteiger partial charge in [0.2, 0.25) is 0 Å². The monoisotopic (exact) mass is 397 g/mol. The molecule has 0 aliphatic carbocycles. The van der Waals surface area contributed by atoms with Gasteiger partial charge in [-0.2, -0.15) is 0 Å². The van der Waals surface area contributed by atoms with Crippen molar-refractivity contribution in [3.8, 4) is 0 Å². The number of hydrogen-bond donors (Lipinski definition) is 3. The van der Waals surface area contributed by atoms with Crippen LogP contribution in [0.1, 0.15) is 46.0 Å². The zero-order valence-electron chi connectivity index (χ0n) is 18.0. The molecule has 0 saturated heterocycles. The molecule has 0 atom stereocenters. The van der Waals surface area contributed by atoms with Crippen molar-refractivity contribution in [2.45, 2.75) is 39.8 Å². The third kappa shape index (κ3) is 8.36. The van der Waals surface area contributed by atoms with Crippen molar-refractivity contribution >= 4 is 5.91 Å². The molecule has 0 saturated carbocycles. The third-order valence-corrected chi connectivity index (χ3v) is 4.88. The molecular formula is C24H35N3O2. The first-order valence-electron chi connectivity index (χ1n) is 10.5. The fourth-order valence-corrected chi connectivity index (χ4v) is 3.36. The van der Waals surface area contributed by atoms with Gasteiger partial charge in [0.25, 0.3) is 5.91 Å². The predicted octanol–water partition coefficient (Wildman–Crippen LogP) is 2.89. The molecule has 5 nitrogen and oxygen atoms in total. The number of aliphatic hydroxyl groups excluding tert-OH is 1. The summed E-state index contributed by atoms with van der Waals surface area (Å²) in [7, 11) is 1.96. The normalized spacial score (nSPS) is 11.1. The highest BCUT2D eigenvalue weighted by molar-refractivity contribution is 5.94. The summed E-state index contributed by atoms with van der Waals surface area (Å²) in [6.07, 6.45) is 1.94. The standard InChI is InChI=1S/C24H35N3O2/c1-4-20-7-5-8-21(15-20)17-25-9-6-10-26-24(29)23-14-19(2)13-22(16-23)18-27(3)11-12-28/h5,7-8,13-16,25,28H,4,6,9-12,17-18H2,1-3H3,(H,26,29). The molecule has 158 valence electrons. The van der Waals surface area contributed by atoms with E-state index in [0.29, 0.717) is 25.2 Å². The van der Waals surface area contributed by atoms with Gasteiger partial charge < -0.3 is 15.7 Å². The van der Waals surface area contributed by atoms with Crippen LogP contribution in [-0.4, -0.2) is 49.2 Å². The number of rotatable bonds is 12. The molecule has 0 unspecified atom stereocenters. The Bertz CT molecular complexity index is 776. The van der Waals surface area contributed by atoms with Crippen LogP contribution in [0.15, 0.2) is 42.5 Å². The smallest absolute Gasteiger partial charge is 0.251 e. The second-order valence-electron chi connectivity index (χ2n) is 7.63. The molecule has 0 heterocycles. The summed E-state index contributed by atoms with van der Waals surface area (Å²) in [6.45, 7) is 7.99. The number of nitrogens with zero attached hydrogens (tertiary/aromatic N) is 1. The van der Waals surface area contributed by atoms with Crippen LogP contribution in [0.5, 0.6) is 0 Å². The Morgan fingerprint density at radius 2 is 1.86 bits per heavy atom. The molecule has 29 heavy (non-hydrogen) atoms. The third-order valence-electron chi connectivity index (χ3n) is 4.88. The number of nitrogens with one attached hydrogen (secondary N) is 2. The van der Waals surface area contributed by atoms with Gasteiger partial charge in [-0.15, -0.1) is 0 Å². The lowest BCUT2D eigenvalue weighted by Gasteiger charge is -2.16. The maximum atomic E-state index is 12.5. The molecule has 0 aliphatic rings. The number of carbonyl (C=O) groups excluding carboxylic acids is 1. The number of likely N-dealkylation sites (N-methyl/N-ethyl adjacent to an activating group) is 1. The number of amides is 1. The van der Waals surface area contributed by atoms with E-state index in [-0.39, 0.29) is 12.5 Å². The number of aliphatic hydroxyl groups is 1. The van der Waals surface area contributed by atoms with Gasteiger partial charge in [0.1, 0.15) is 0 Å². The first kappa shape index (κ1) is 23.1. The fraction of sp³-hybridized carbons (Fsp3) is 0.458. The summed E-state index contributed by atoms with van der Waals surface area (Å²) in [5.74, 6) is -0.0320. The average Bonchev–Trinajstić information content (AvgIpc) is 2.70. The molecule has 0 aromatic heterocycles. The minimum absolute atomic E-state index is 0.0320. The maximum Gasteiger partial charge on any atom is 0.251 e. The van der Waals surface area contributed by atoms with E-state index in [1.807, 2.05) is 31.0 Å². The van der Waals surface area contributed by atoms with Crippen LogP contribution in [0.25, 0.3) is 0 Å². The molecule has 1 amide bonds. The van der Waals surface area contributed by atoms with Crippen LogP contribution in [0.2, 0.25) is 0 Å². The Hall–Kier alpha value is -2.21. The van der Waals surface area contributed by atoms with Crippen LogP contribution < -0.4 is 10.6 Å². The van der Waals surface area contributed by atoms with Gasteiger partial charge in [0.15, 0.2) is 0 Å². The van der Waals surface area contributed by atoms with Crippen molar-refractivity contribution in [2.75, 3.05) is 33.3 Å². The Kier molecular flexibility index (Phi) is 9.84. The molecule has 2 aromatic carbocycles. The van der Waals surface area contributed by atoms with Gasteiger partial charge in [-0.1, -0.05) is 42.8 Å². The SMILES string of the molecule is CCc1cccc(CNCCCNC(=O)c2cc(C)cc(CN(C)CCO)c2)c1. The van der Waals surface area contributed by atoms with Crippen molar-refractivity contribution < 1.29 is 9.90 Å². The fourth-order valence-electron chi connectivity index (χ4n) is 3.36. The van der Waals surface area contributed by atoms with E-state index in [0.717, 1.165) is 37.1 Å². The molecular weight excluding hydrogens is 362 g/mol. The van der Waals surface area contributed by atoms with E-state index in [2.05, 4.69) is 47.9 Å². The van der Waals surface area contributed by atoms with Gasteiger partial charge in [-0.3, -0.25) is 9.69 Å². The first-order chi connectivity index (χ1) is 14.0. The van der Waals surface area contributed by atoms with E-state index in [1.54, 1.807) is 0 Å². The largest absolute Gasteiger partial charge is 0.395 e. The molecule has 5 heteroatoms. The summed E-state index contributed by atoms with van der Waals surface area (Å²) < 4.78 is 0. The summed E-state index contributed by atoms with van der Waals surface area (Å²) in [5.41, 5.74) is 5.51. The number of hydrogen-bond acceptors (Lipinski definition) is 4. The number of aryl methyl sites for hydroxylation is 2. The molecule has 3 N–H and O–H groups in total. The summed E-state index contributed by atoms with van der Waals surface area (Å²) in [4.78, 5) is 14.5. The Morgan fingerprint density at radius 1 is 1.07 bits per heavy atom. The molecule has 2 aromatic rings. The van der Waals surface area contributed by atoms with Crippen molar-refractivity contribution in [1.29, 1.82) is 0 Å². The van der Waals surface area contributed by atoms with Crippen LogP contribution in [0.4, 0.5) is 0 Å². The number of carbonyl (C=O) groups is 1. The molecule has 0 radical (unpaired) electrons. The van der Waals surface area contributed by atoms with Gasteiger partial charge in [-0.25, -0.2) is 0 Å². The quantitative estimate of drug-likeness (QED) is 0.482. The van der Waals surface area contributed by atoms with E-state index < -0.39 is 0 Å². The van der Waals surface area contributed by atoms with Crippen LogP contribution in [0.3, 0.4) is 0 Å².